The molecule has 20 heavy (non-hydrogen) atoms. The van der Waals surface area contributed by atoms with Crippen LogP contribution in [0.3, 0.4) is 0 Å². The van der Waals surface area contributed by atoms with E-state index in [1.807, 2.05) is 30.5 Å². The van der Waals surface area contributed by atoms with Crippen molar-refractivity contribution in [1.29, 1.82) is 0 Å². The first kappa shape index (κ1) is 12.8. The predicted molar refractivity (Wildman–Crippen MR) is 82.1 cm³/mol. The monoisotopic (exact) mass is 263 g/mol. The molecule has 0 spiro atoms. The summed E-state index contributed by atoms with van der Waals surface area (Å²) in [6, 6.07) is 18.5. The Morgan fingerprint density at radius 2 is 1.90 bits per heavy atom. The molecule has 3 aromatic rings. The molecule has 3 rings (SSSR count). The first-order valence-corrected chi connectivity index (χ1v) is 6.66. The number of nitrogens with one attached hydrogen (secondary N) is 1. The molecule has 0 aliphatic rings. The number of pyridine rings is 1. The number of para-hydroxylation sites is 1. The van der Waals surface area contributed by atoms with Gasteiger partial charge in [-0.15, -0.1) is 0 Å². The number of aryl methyl sites for hydroxylation is 1. The lowest BCUT2D eigenvalue weighted by Gasteiger charge is -2.19. The van der Waals surface area contributed by atoms with Crippen molar-refractivity contribution in [2.45, 2.75) is 13.0 Å². The van der Waals surface area contributed by atoms with E-state index in [1.165, 1.54) is 5.56 Å². The van der Waals surface area contributed by atoms with E-state index in [1.54, 1.807) is 0 Å². The van der Waals surface area contributed by atoms with Crippen LogP contribution in [-0.4, -0.2) is 4.98 Å². The summed E-state index contributed by atoms with van der Waals surface area (Å²) >= 11 is 0. The molecule has 0 fully saturated rings. The molecular weight excluding hydrogens is 246 g/mol. The second-order valence-corrected chi connectivity index (χ2v) is 4.93. The van der Waals surface area contributed by atoms with Crippen LogP contribution in [0, 0.1) is 6.92 Å². The van der Waals surface area contributed by atoms with Gasteiger partial charge in [0.15, 0.2) is 0 Å². The molecule has 2 aromatic carbocycles. The maximum absolute atomic E-state index is 5.81. The fraction of sp³-hybridized carbons (Fsp3) is 0.118. The van der Waals surface area contributed by atoms with E-state index in [-0.39, 0.29) is 6.04 Å². The third-order valence-corrected chi connectivity index (χ3v) is 3.54. The Balaban J connectivity index is 2.17. The van der Waals surface area contributed by atoms with Crippen LogP contribution < -0.4 is 11.3 Å². The highest BCUT2D eigenvalue weighted by molar-refractivity contribution is 5.82. The molecule has 3 N–H and O–H groups in total. The average molecular weight is 263 g/mol. The van der Waals surface area contributed by atoms with Crippen molar-refractivity contribution < 1.29 is 0 Å². The highest BCUT2D eigenvalue weighted by Gasteiger charge is 2.15. The van der Waals surface area contributed by atoms with Gasteiger partial charge >= 0.3 is 0 Å². The van der Waals surface area contributed by atoms with Crippen LogP contribution in [0.2, 0.25) is 0 Å². The van der Waals surface area contributed by atoms with Crippen LogP contribution in [-0.2, 0) is 0 Å². The van der Waals surface area contributed by atoms with E-state index >= 15 is 0 Å². The highest BCUT2D eigenvalue weighted by Crippen LogP contribution is 2.27. The number of benzene rings is 2. The van der Waals surface area contributed by atoms with Crippen molar-refractivity contribution in [3.8, 4) is 0 Å². The fourth-order valence-corrected chi connectivity index (χ4v) is 2.58. The van der Waals surface area contributed by atoms with Gasteiger partial charge in [0.1, 0.15) is 0 Å². The van der Waals surface area contributed by atoms with Crippen LogP contribution in [0.25, 0.3) is 10.9 Å². The molecular formula is C17H17N3. The van der Waals surface area contributed by atoms with Gasteiger partial charge in [-0.05, 0) is 30.2 Å². The minimum absolute atomic E-state index is 0.0391. The Bertz CT molecular complexity index is 732. The third-order valence-electron chi connectivity index (χ3n) is 3.54. The van der Waals surface area contributed by atoms with Gasteiger partial charge in [-0.2, -0.15) is 0 Å². The van der Waals surface area contributed by atoms with Gasteiger partial charge in [0.05, 0.1) is 11.6 Å². The van der Waals surface area contributed by atoms with Crippen LogP contribution in [0.4, 0.5) is 0 Å². The van der Waals surface area contributed by atoms with E-state index in [0.29, 0.717) is 0 Å². The Hall–Kier alpha value is -2.23. The lowest BCUT2D eigenvalue weighted by atomic mass is 9.95. The Labute approximate surface area is 118 Å². The maximum Gasteiger partial charge on any atom is 0.0717 e. The quantitative estimate of drug-likeness (QED) is 0.564. The fourth-order valence-electron chi connectivity index (χ4n) is 2.58. The molecule has 3 heteroatoms. The second kappa shape index (κ2) is 5.41. The summed E-state index contributed by atoms with van der Waals surface area (Å²) in [5.41, 5.74) is 7.43. The first-order chi connectivity index (χ1) is 9.79. The van der Waals surface area contributed by atoms with Gasteiger partial charge in [0.25, 0.3) is 0 Å². The van der Waals surface area contributed by atoms with Crippen molar-refractivity contribution in [2.24, 2.45) is 5.84 Å². The molecule has 3 nitrogen and oxygen atoms in total. The minimum atomic E-state index is -0.0391. The molecule has 0 amide bonds. The lowest BCUT2D eigenvalue weighted by Crippen LogP contribution is -2.29. The highest BCUT2D eigenvalue weighted by atomic mass is 15.2. The SMILES string of the molecule is Cc1cccc(C(NN)c2ccnc3ccccc23)c1. The predicted octanol–water partition coefficient (Wildman–Crippen LogP) is 3.10. The number of hydrazine groups is 1. The first-order valence-electron chi connectivity index (χ1n) is 6.66. The molecule has 1 heterocycles. The van der Waals surface area contributed by atoms with Crippen molar-refractivity contribution in [1.82, 2.24) is 10.4 Å². The van der Waals surface area contributed by atoms with Gasteiger partial charge in [-0.1, -0.05) is 48.0 Å². The standard InChI is InChI=1S/C17H17N3/c1-12-5-4-6-13(11-12)17(20-18)15-9-10-19-16-8-3-2-7-14(15)16/h2-11,17,20H,18H2,1H3. The van der Waals surface area contributed by atoms with Gasteiger partial charge in [0.2, 0.25) is 0 Å². The van der Waals surface area contributed by atoms with E-state index < -0.39 is 0 Å². The smallest absolute Gasteiger partial charge is 0.0717 e. The van der Waals surface area contributed by atoms with Crippen molar-refractivity contribution in [3.05, 3.63) is 77.5 Å². The maximum atomic E-state index is 5.81. The summed E-state index contributed by atoms with van der Waals surface area (Å²) in [5.74, 6) is 5.81. The summed E-state index contributed by atoms with van der Waals surface area (Å²) in [6.45, 7) is 2.09. The number of nitrogens with zero attached hydrogens (tertiary/aromatic N) is 1. The zero-order valence-electron chi connectivity index (χ0n) is 11.4. The van der Waals surface area contributed by atoms with Gasteiger partial charge in [-0.3, -0.25) is 10.8 Å². The molecule has 1 unspecified atom stereocenters. The normalized spacial score (nSPS) is 12.5. The number of rotatable bonds is 3. The van der Waals surface area contributed by atoms with Gasteiger partial charge < -0.3 is 0 Å². The second-order valence-electron chi connectivity index (χ2n) is 4.93. The summed E-state index contributed by atoms with van der Waals surface area (Å²) in [6.07, 6.45) is 1.83. The topological polar surface area (TPSA) is 50.9 Å². The average Bonchev–Trinajstić information content (AvgIpc) is 2.48. The summed E-state index contributed by atoms with van der Waals surface area (Å²) in [7, 11) is 0. The summed E-state index contributed by atoms with van der Waals surface area (Å²) in [5, 5.41) is 1.12. The largest absolute Gasteiger partial charge is 0.271 e. The molecule has 100 valence electrons. The van der Waals surface area contributed by atoms with Crippen molar-refractivity contribution in [2.75, 3.05) is 0 Å². The van der Waals surface area contributed by atoms with E-state index in [9.17, 15) is 0 Å². The molecule has 0 saturated heterocycles. The van der Waals surface area contributed by atoms with Crippen molar-refractivity contribution >= 4 is 10.9 Å². The summed E-state index contributed by atoms with van der Waals surface area (Å²) in [4.78, 5) is 4.40. The summed E-state index contributed by atoms with van der Waals surface area (Å²) < 4.78 is 0. The molecule has 1 atom stereocenters. The number of nitrogens with two attached hydrogens (primary N) is 1. The Kier molecular flexibility index (Phi) is 3.46. The van der Waals surface area contributed by atoms with E-state index in [2.05, 4.69) is 47.7 Å². The molecule has 1 aromatic heterocycles. The Morgan fingerprint density at radius 1 is 1.05 bits per heavy atom. The lowest BCUT2D eigenvalue weighted by molar-refractivity contribution is 0.640. The minimum Gasteiger partial charge on any atom is -0.271 e. The van der Waals surface area contributed by atoms with E-state index in [0.717, 1.165) is 22.0 Å². The molecule has 0 bridgehead atoms. The molecule has 0 aliphatic carbocycles. The third kappa shape index (κ3) is 2.29. The zero-order valence-corrected chi connectivity index (χ0v) is 11.4. The Morgan fingerprint density at radius 3 is 2.70 bits per heavy atom. The number of hydrogen-bond donors (Lipinski definition) is 2. The number of fused-ring (bicyclic) bond motifs is 1. The van der Waals surface area contributed by atoms with Gasteiger partial charge in [0, 0.05) is 11.6 Å². The van der Waals surface area contributed by atoms with Crippen molar-refractivity contribution in [3.63, 3.8) is 0 Å². The number of aromatic nitrogens is 1. The van der Waals surface area contributed by atoms with E-state index in [4.69, 9.17) is 5.84 Å². The van der Waals surface area contributed by atoms with Crippen LogP contribution in [0.5, 0.6) is 0 Å². The van der Waals surface area contributed by atoms with Crippen LogP contribution in [0.15, 0.2) is 60.8 Å². The van der Waals surface area contributed by atoms with Gasteiger partial charge in [-0.25, -0.2) is 5.43 Å². The van der Waals surface area contributed by atoms with Crippen LogP contribution >= 0.6 is 0 Å². The molecule has 0 radical (unpaired) electrons. The van der Waals surface area contributed by atoms with Crippen LogP contribution in [0.1, 0.15) is 22.7 Å². The molecule has 0 saturated carbocycles. The number of hydrogen-bond acceptors (Lipinski definition) is 3. The zero-order chi connectivity index (χ0) is 13.9. The molecule has 0 aliphatic heterocycles.